The van der Waals surface area contributed by atoms with E-state index < -0.39 is 0 Å². The lowest BCUT2D eigenvalue weighted by molar-refractivity contribution is -0.660. The highest BCUT2D eigenvalue weighted by molar-refractivity contribution is 5.91. The highest BCUT2D eigenvalue weighted by Crippen LogP contribution is 2.20. The average molecular weight is 309 g/mol. The van der Waals surface area contributed by atoms with Crippen molar-refractivity contribution in [1.29, 1.82) is 0 Å². The van der Waals surface area contributed by atoms with E-state index in [-0.39, 0.29) is 0 Å². The molecule has 4 aromatic rings. The van der Waals surface area contributed by atoms with E-state index in [0.717, 1.165) is 16.7 Å². The maximum absolute atomic E-state index is 5.59. The number of H-pyrrole nitrogens is 1. The molecule has 0 saturated heterocycles. The minimum absolute atomic E-state index is 0.551. The van der Waals surface area contributed by atoms with E-state index in [0.29, 0.717) is 6.54 Å². The summed E-state index contributed by atoms with van der Waals surface area (Å²) >= 11 is 0. The molecule has 2 aromatic heterocycles. The van der Waals surface area contributed by atoms with Crippen LogP contribution in [0.2, 0.25) is 0 Å². The van der Waals surface area contributed by atoms with Gasteiger partial charge in [-0.05, 0) is 35.8 Å². The summed E-state index contributed by atoms with van der Waals surface area (Å²) in [5, 5.41) is 2.41. The zero-order chi connectivity index (χ0) is 16.4. The molecular weight excluding hydrogens is 292 g/mol. The molecule has 0 aliphatic rings. The predicted octanol–water partition coefficient (Wildman–Crippen LogP) is 4.41. The highest BCUT2D eigenvalue weighted by atomic mass is 15.0. The number of pyridine rings is 1. The van der Waals surface area contributed by atoms with Crippen molar-refractivity contribution >= 4 is 34.0 Å². The third kappa shape index (κ3) is 2.47. The third-order valence-corrected chi connectivity index (χ3v) is 4.28. The normalized spacial score (nSPS) is 11.3. The second kappa shape index (κ2) is 6.06. The number of hydrogen-bond acceptors (Lipinski definition) is 0. The van der Waals surface area contributed by atoms with Gasteiger partial charge in [0, 0.05) is 40.7 Å². The van der Waals surface area contributed by atoms with E-state index in [1.807, 2.05) is 24.4 Å². The van der Waals surface area contributed by atoms with Crippen molar-refractivity contribution in [2.24, 2.45) is 0 Å². The molecule has 0 spiro atoms. The van der Waals surface area contributed by atoms with Crippen molar-refractivity contribution in [2.75, 3.05) is 0 Å². The van der Waals surface area contributed by atoms with Gasteiger partial charge in [0.05, 0.1) is 0 Å². The molecule has 0 radical (unpaired) electrons. The second-order valence-corrected chi connectivity index (χ2v) is 5.73. The maximum atomic E-state index is 5.59. The molecule has 114 valence electrons. The number of aromatic amines is 1. The number of rotatable bonds is 3. The molecule has 0 aliphatic heterocycles. The van der Waals surface area contributed by atoms with E-state index in [1.54, 1.807) is 0 Å². The Hall–Kier alpha value is -3.31. The number of terminal acetylenes is 1. The van der Waals surface area contributed by atoms with Gasteiger partial charge in [0.2, 0.25) is 17.8 Å². The molecule has 2 heterocycles. The van der Waals surface area contributed by atoms with Gasteiger partial charge in [0.25, 0.3) is 0 Å². The summed E-state index contributed by atoms with van der Waals surface area (Å²) in [5.74, 6) is 2.76. The molecule has 0 unspecified atom stereocenters. The largest absolute Gasteiger partial charge is 0.361 e. The smallest absolute Gasteiger partial charge is 0.213 e. The lowest BCUT2D eigenvalue weighted by Crippen LogP contribution is -2.37. The summed E-state index contributed by atoms with van der Waals surface area (Å²) in [5.41, 5.74) is 4.56. The Bertz CT molecular complexity index is 1090. The van der Waals surface area contributed by atoms with Crippen LogP contribution in [-0.2, 0) is 6.54 Å². The standard InChI is InChI=1S/C22H16N2/c1-2-15-24-19(13-11-17-7-3-6-10-22(17)24)14-12-18-16-23-21-9-5-4-8-20(18)21/h1,3-14,16H,15H2/p+1. The first kappa shape index (κ1) is 14.3. The monoisotopic (exact) mass is 309 g/mol. The Balaban J connectivity index is 1.82. The Labute approximate surface area is 141 Å². The fourth-order valence-electron chi connectivity index (χ4n) is 3.10. The summed E-state index contributed by atoms with van der Waals surface area (Å²) in [7, 11) is 0. The molecule has 0 fully saturated rings. The lowest BCUT2D eigenvalue weighted by atomic mass is 10.1. The molecule has 0 aliphatic carbocycles. The number of benzene rings is 2. The number of nitrogens with zero attached hydrogens (tertiary/aromatic N) is 1. The number of nitrogens with one attached hydrogen (secondary N) is 1. The SMILES string of the molecule is C#CC[n+]1c(C=Cc2c[nH]c3ccccc23)ccc2ccccc21. The van der Waals surface area contributed by atoms with E-state index in [2.05, 4.69) is 70.1 Å². The number of aromatic nitrogens is 2. The molecule has 0 amide bonds. The Morgan fingerprint density at radius 2 is 1.79 bits per heavy atom. The molecular formula is C22H17N2+. The van der Waals surface area contributed by atoms with E-state index >= 15 is 0 Å². The van der Waals surface area contributed by atoms with Crippen LogP contribution in [0.3, 0.4) is 0 Å². The quantitative estimate of drug-likeness (QED) is 0.427. The maximum Gasteiger partial charge on any atom is 0.213 e. The summed E-state index contributed by atoms with van der Waals surface area (Å²) < 4.78 is 2.17. The topological polar surface area (TPSA) is 19.7 Å². The van der Waals surface area contributed by atoms with Crippen molar-refractivity contribution < 1.29 is 4.57 Å². The molecule has 2 aromatic carbocycles. The number of fused-ring (bicyclic) bond motifs is 2. The predicted molar refractivity (Wildman–Crippen MR) is 100 cm³/mol. The van der Waals surface area contributed by atoms with Gasteiger partial charge in [-0.2, -0.15) is 4.57 Å². The molecule has 0 saturated carbocycles. The van der Waals surface area contributed by atoms with E-state index in [9.17, 15) is 0 Å². The van der Waals surface area contributed by atoms with Crippen LogP contribution in [0, 0.1) is 12.3 Å². The molecule has 2 nitrogen and oxygen atoms in total. The van der Waals surface area contributed by atoms with Crippen LogP contribution in [0.25, 0.3) is 34.0 Å². The molecule has 0 atom stereocenters. The lowest BCUT2D eigenvalue weighted by Gasteiger charge is -2.02. The molecule has 0 bridgehead atoms. The van der Waals surface area contributed by atoms with Crippen LogP contribution in [0.4, 0.5) is 0 Å². The third-order valence-electron chi connectivity index (χ3n) is 4.28. The Kier molecular flexibility index (Phi) is 3.61. The van der Waals surface area contributed by atoms with Gasteiger partial charge in [-0.25, -0.2) is 0 Å². The molecule has 1 N–H and O–H groups in total. The summed E-state index contributed by atoms with van der Waals surface area (Å²) in [4.78, 5) is 3.30. The minimum atomic E-state index is 0.551. The van der Waals surface area contributed by atoms with Crippen molar-refractivity contribution in [1.82, 2.24) is 4.98 Å². The van der Waals surface area contributed by atoms with Crippen molar-refractivity contribution in [3.05, 3.63) is 78.1 Å². The van der Waals surface area contributed by atoms with Crippen LogP contribution < -0.4 is 4.57 Å². The van der Waals surface area contributed by atoms with Gasteiger partial charge in [0.1, 0.15) is 0 Å². The van der Waals surface area contributed by atoms with E-state index in [1.165, 1.54) is 16.3 Å². The molecule has 4 rings (SSSR count). The first-order chi connectivity index (χ1) is 11.9. The minimum Gasteiger partial charge on any atom is -0.361 e. The van der Waals surface area contributed by atoms with Gasteiger partial charge in [-0.3, -0.25) is 0 Å². The van der Waals surface area contributed by atoms with Gasteiger partial charge in [-0.1, -0.05) is 30.3 Å². The fourth-order valence-corrected chi connectivity index (χ4v) is 3.10. The zero-order valence-corrected chi connectivity index (χ0v) is 13.2. The second-order valence-electron chi connectivity index (χ2n) is 5.73. The Morgan fingerprint density at radius 3 is 2.71 bits per heavy atom. The first-order valence-corrected chi connectivity index (χ1v) is 7.96. The van der Waals surface area contributed by atoms with Crippen LogP contribution in [0.15, 0.2) is 66.9 Å². The average Bonchev–Trinajstić information content (AvgIpc) is 3.04. The van der Waals surface area contributed by atoms with Crippen molar-refractivity contribution in [3.63, 3.8) is 0 Å². The van der Waals surface area contributed by atoms with Gasteiger partial charge in [0.15, 0.2) is 0 Å². The van der Waals surface area contributed by atoms with Crippen molar-refractivity contribution in [3.8, 4) is 12.3 Å². The summed E-state index contributed by atoms with van der Waals surface area (Å²) in [6.45, 7) is 0.551. The summed E-state index contributed by atoms with van der Waals surface area (Å²) in [6, 6.07) is 20.9. The van der Waals surface area contributed by atoms with E-state index in [4.69, 9.17) is 6.42 Å². The highest BCUT2D eigenvalue weighted by Gasteiger charge is 2.12. The van der Waals surface area contributed by atoms with Gasteiger partial charge < -0.3 is 4.98 Å². The number of hydrogen-bond donors (Lipinski definition) is 1. The summed E-state index contributed by atoms with van der Waals surface area (Å²) in [6.07, 6.45) is 11.9. The van der Waals surface area contributed by atoms with Crippen molar-refractivity contribution in [2.45, 2.75) is 6.54 Å². The Morgan fingerprint density at radius 1 is 0.958 bits per heavy atom. The van der Waals surface area contributed by atoms with Crippen LogP contribution in [0.1, 0.15) is 11.3 Å². The molecule has 2 heteroatoms. The fraction of sp³-hybridized carbons (Fsp3) is 0.0455. The van der Waals surface area contributed by atoms with Gasteiger partial charge in [-0.15, -0.1) is 6.42 Å². The first-order valence-electron chi connectivity index (χ1n) is 7.96. The number of para-hydroxylation sites is 2. The zero-order valence-electron chi connectivity index (χ0n) is 13.2. The molecule has 24 heavy (non-hydrogen) atoms. The van der Waals surface area contributed by atoms with Crippen LogP contribution >= 0.6 is 0 Å². The van der Waals surface area contributed by atoms with Gasteiger partial charge >= 0.3 is 0 Å². The van der Waals surface area contributed by atoms with Crippen LogP contribution in [0.5, 0.6) is 0 Å². The van der Waals surface area contributed by atoms with Crippen LogP contribution in [-0.4, -0.2) is 4.98 Å².